The van der Waals surface area contributed by atoms with Crippen LogP contribution in [0.1, 0.15) is 37.2 Å². The van der Waals surface area contributed by atoms with E-state index in [1.807, 2.05) is 13.8 Å². The fourth-order valence-electron chi connectivity index (χ4n) is 1.26. The summed E-state index contributed by atoms with van der Waals surface area (Å²) in [6, 6.07) is 1.53. The summed E-state index contributed by atoms with van der Waals surface area (Å²) < 4.78 is 22.8. The van der Waals surface area contributed by atoms with Gasteiger partial charge in [-0.05, 0) is 18.9 Å². The number of hydrogen-bond acceptors (Lipinski definition) is 5. The molecule has 0 aliphatic heterocycles. The topological polar surface area (TPSA) is 81.3 Å². The highest BCUT2D eigenvalue weighted by atomic mass is 31.2. The summed E-state index contributed by atoms with van der Waals surface area (Å²) in [5, 5.41) is 6.29. The van der Waals surface area contributed by atoms with Crippen molar-refractivity contribution in [2.75, 3.05) is 19.4 Å². The number of Topliss-reactive ketones (excluding diaryl/α,β-unsaturated/α-hetero) is 1. The van der Waals surface area contributed by atoms with Gasteiger partial charge in [0.15, 0.2) is 5.78 Å². The molecule has 1 aromatic rings. The van der Waals surface area contributed by atoms with Crippen molar-refractivity contribution in [3.63, 3.8) is 0 Å². The van der Waals surface area contributed by atoms with Crippen LogP contribution < -0.4 is 0 Å². The van der Waals surface area contributed by atoms with Gasteiger partial charge in [0.25, 0.3) is 0 Å². The van der Waals surface area contributed by atoms with E-state index < -0.39 is 7.60 Å². The van der Waals surface area contributed by atoms with E-state index >= 15 is 0 Å². The normalized spacial score (nSPS) is 11.7. The second kappa shape index (κ2) is 7.46. The van der Waals surface area contributed by atoms with Gasteiger partial charge in [-0.25, -0.2) is 0 Å². The number of rotatable bonds is 9. The molecule has 0 aliphatic rings. The van der Waals surface area contributed by atoms with Crippen molar-refractivity contribution in [3.8, 4) is 0 Å². The number of nitrogens with one attached hydrogen (secondary N) is 1. The van der Waals surface area contributed by atoms with Gasteiger partial charge in [-0.3, -0.25) is 14.5 Å². The van der Waals surface area contributed by atoms with E-state index in [9.17, 15) is 9.36 Å². The van der Waals surface area contributed by atoms with E-state index in [0.717, 1.165) is 12.8 Å². The van der Waals surface area contributed by atoms with Crippen LogP contribution in [0.25, 0.3) is 0 Å². The summed E-state index contributed by atoms with van der Waals surface area (Å²) >= 11 is 0. The molecule has 0 atom stereocenters. The first-order valence-electron chi connectivity index (χ1n) is 6.02. The average Bonchev–Trinajstić information content (AvgIpc) is 2.88. The zero-order valence-electron chi connectivity index (χ0n) is 10.7. The molecule has 0 bridgehead atoms. The highest BCUT2D eigenvalue weighted by molar-refractivity contribution is 7.54. The number of nitrogens with zero attached hydrogens (tertiary/aromatic N) is 1. The second-order valence-electron chi connectivity index (χ2n) is 3.82. The van der Waals surface area contributed by atoms with Gasteiger partial charge in [-0.15, -0.1) is 0 Å². The first-order valence-corrected chi connectivity index (χ1v) is 7.75. The van der Waals surface area contributed by atoms with Gasteiger partial charge in [-0.1, -0.05) is 13.8 Å². The molecular weight excluding hydrogens is 255 g/mol. The maximum absolute atomic E-state index is 12.3. The molecule has 0 unspecified atom stereocenters. The maximum Gasteiger partial charge on any atom is 0.338 e. The van der Waals surface area contributed by atoms with Gasteiger partial charge < -0.3 is 9.05 Å². The summed E-state index contributed by atoms with van der Waals surface area (Å²) in [5.41, 5.74) is 0.246. The van der Waals surface area contributed by atoms with Gasteiger partial charge in [0.05, 0.1) is 13.2 Å². The van der Waals surface area contributed by atoms with Crippen LogP contribution in [0.5, 0.6) is 0 Å². The maximum atomic E-state index is 12.3. The molecular formula is C11H19N2O4P. The van der Waals surface area contributed by atoms with Crippen LogP contribution >= 0.6 is 7.60 Å². The Bertz CT molecular complexity index is 393. The van der Waals surface area contributed by atoms with Gasteiger partial charge in [0.2, 0.25) is 0 Å². The number of aromatic amines is 1. The van der Waals surface area contributed by atoms with Crippen molar-refractivity contribution >= 4 is 13.4 Å². The Morgan fingerprint density at radius 2 is 1.94 bits per heavy atom. The molecule has 0 fully saturated rings. The first-order chi connectivity index (χ1) is 8.61. The summed E-state index contributed by atoms with van der Waals surface area (Å²) in [4.78, 5) is 11.8. The Morgan fingerprint density at radius 1 is 1.33 bits per heavy atom. The largest absolute Gasteiger partial charge is 0.338 e. The molecule has 1 rings (SSSR count). The minimum absolute atomic E-state index is 0.246. The van der Waals surface area contributed by atoms with Crippen molar-refractivity contribution in [3.05, 3.63) is 18.0 Å². The molecule has 0 spiro atoms. The van der Waals surface area contributed by atoms with E-state index in [0.29, 0.717) is 13.2 Å². The number of hydrogen-bond donors (Lipinski definition) is 1. The third-order valence-electron chi connectivity index (χ3n) is 2.11. The average molecular weight is 274 g/mol. The highest BCUT2D eigenvalue weighted by Crippen LogP contribution is 2.48. The summed E-state index contributed by atoms with van der Waals surface area (Å²) in [6.07, 6.45) is 2.71. The lowest BCUT2D eigenvalue weighted by molar-refractivity contribution is 0.0999. The molecule has 0 aromatic carbocycles. The van der Waals surface area contributed by atoms with Crippen LogP contribution in [-0.2, 0) is 13.6 Å². The predicted molar refractivity (Wildman–Crippen MR) is 67.9 cm³/mol. The summed E-state index contributed by atoms with van der Waals surface area (Å²) in [6.45, 7) is 4.43. The molecule has 6 nitrogen and oxygen atoms in total. The van der Waals surface area contributed by atoms with E-state index in [1.54, 1.807) is 0 Å². The third kappa shape index (κ3) is 4.72. The zero-order chi connectivity index (χ0) is 13.4. The second-order valence-corrected chi connectivity index (χ2v) is 5.87. The molecule has 1 aromatic heterocycles. The SMILES string of the molecule is CCCOP(=O)(CC(=O)c1cc[nH]n1)OCCC. The monoisotopic (exact) mass is 274 g/mol. The van der Waals surface area contributed by atoms with Crippen molar-refractivity contribution in [2.24, 2.45) is 0 Å². The molecule has 0 saturated carbocycles. The minimum Gasteiger partial charge on any atom is -0.308 e. The minimum atomic E-state index is -3.35. The molecule has 1 heterocycles. The number of aromatic nitrogens is 2. The Kier molecular flexibility index (Phi) is 6.25. The van der Waals surface area contributed by atoms with E-state index in [1.165, 1.54) is 12.3 Å². The van der Waals surface area contributed by atoms with Gasteiger partial charge in [-0.2, -0.15) is 5.10 Å². The van der Waals surface area contributed by atoms with Crippen LogP contribution in [0.2, 0.25) is 0 Å². The predicted octanol–water partition coefficient (Wildman–Crippen LogP) is 2.64. The van der Waals surface area contributed by atoms with Crippen LogP contribution in [0.3, 0.4) is 0 Å². The Labute approximate surface area is 107 Å². The van der Waals surface area contributed by atoms with Crippen molar-refractivity contribution in [2.45, 2.75) is 26.7 Å². The molecule has 1 N–H and O–H groups in total. The van der Waals surface area contributed by atoms with Crippen molar-refractivity contribution < 1.29 is 18.4 Å². The molecule has 18 heavy (non-hydrogen) atoms. The Hall–Kier alpha value is -0.970. The summed E-state index contributed by atoms with van der Waals surface area (Å²) in [7, 11) is -3.35. The van der Waals surface area contributed by atoms with Gasteiger partial charge in [0, 0.05) is 6.20 Å². The molecule has 0 radical (unpaired) electrons. The highest BCUT2D eigenvalue weighted by Gasteiger charge is 2.29. The Balaban J connectivity index is 2.65. The van der Waals surface area contributed by atoms with Crippen LogP contribution in [0.4, 0.5) is 0 Å². The smallest absolute Gasteiger partial charge is 0.308 e. The zero-order valence-corrected chi connectivity index (χ0v) is 11.6. The van der Waals surface area contributed by atoms with Crippen molar-refractivity contribution in [1.82, 2.24) is 10.2 Å². The third-order valence-corrected chi connectivity index (χ3v) is 3.93. The fraction of sp³-hybridized carbons (Fsp3) is 0.636. The number of carbonyl (C=O) groups is 1. The van der Waals surface area contributed by atoms with Gasteiger partial charge in [0.1, 0.15) is 11.9 Å². The molecule has 0 amide bonds. The Morgan fingerprint density at radius 3 is 2.39 bits per heavy atom. The molecule has 7 heteroatoms. The van der Waals surface area contributed by atoms with Crippen LogP contribution in [0, 0.1) is 0 Å². The molecule has 0 saturated heterocycles. The lowest BCUT2D eigenvalue weighted by Crippen LogP contribution is -2.11. The van der Waals surface area contributed by atoms with Gasteiger partial charge >= 0.3 is 7.60 Å². The van der Waals surface area contributed by atoms with Crippen molar-refractivity contribution in [1.29, 1.82) is 0 Å². The van der Waals surface area contributed by atoms with E-state index in [2.05, 4.69) is 10.2 Å². The number of carbonyl (C=O) groups excluding carboxylic acids is 1. The van der Waals surface area contributed by atoms with Crippen LogP contribution in [0.15, 0.2) is 12.3 Å². The number of ketones is 1. The van der Waals surface area contributed by atoms with E-state index in [4.69, 9.17) is 9.05 Å². The van der Waals surface area contributed by atoms with Crippen LogP contribution in [-0.4, -0.2) is 35.4 Å². The fourth-order valence-corrected chi connectivity index (χ4v) is 2.95. The molecule has 102 valence electrons. The standard InChI is InChI=1S/C11H19N2O4P/c1-3-7-16-18(15,17-8-4-2)9-11(14)10-5-6-12-13-10/h5-6H,3-4,7-9H2,1-2H3,(H,12,13). The quantitative estimate of drug-likeness (QED) is 0.553. The van der Waals surface area contributed by atoms with E-state index in [-0.39, 0.29) is 17.6 Å². The first kappa shape index (κ1) is 15.1. The molecule has 0 aliphatic carbocycles. The lowest BCUT2D eigenvalue weighted by atomic mass is 10.3. The number of H-pyrrole nitrogens is 1. The summed E-state index contributed by atoms with van der Waals surface area (Å²) in [5.74, 6) is -0.341. The lowest BCUT2D eigenvalue weighted by Gasteiger charge is -2.16.